The second kappa shape index (κ2) is 9.09. The Morgan fingerprint density at radius 2 is 1.95 bits per heavy atom. The average molecular weight is 278 g/mol. The maximum Gasteiger partial charge on any atom is 0.245 e. The molecule has 5 heteroatoms. The van der Waals surface area contributed by atoms with E-state index in [9.17, 15) is 9.59 Å². The quantitative estimate of drug-likeness (QED) is 0.703. The Labute approximate surface area is 119 Å². The van der Waals surface area contributed by atoms with Gasteiger partial charge in [-0.05, 0) is 12.0 Å². The number of nitrogens with one attached hydrogen (secondary N) is 2. The van der Waals surface area contributed by atoms with Gasteiger partial charge < -0.3 is 15.4 Å². The summed E-state index contributed by atoms with van der Waals surface area (Å²) in [5, 5.41) is 5.40. The zero-order chi connectivity index (χ0) is 14.8. The van der Waals surface area contributed by atoms with E-state index in [-0.39, 0.29) is 18.4 Å². The molecule has 5 nitrogen and oxygen atoms in total. The predicted molar refractivity (Wildman–Crippen MR) is 77.0 cm³/mol. The molecule has 2 amide bonds. The van der Waals surface area contributed by atoms with E-state index in [4.69, 9.17) is 4.74 Å². The molecule has 0 unspecified atom stereocenters. The number of benzene rings is 1. The molecule has 1 atom stereocenters. The molecule has 2 N–H and O–H groups in total. The number of ether oxygens (including phenoxy) is 1. The highest BCUT2D eigenvalue weighted by Gasteiger charge is 2.19. The van der Waals surface area contributed by atoms with Crippen LogP contribution in [0, 0.1) is 0 Å². The van der Waals surface area contributed by atoms with Crippen LogP contribution in [0.25, 0.3) is 0 Å². The second-order valence-corrected chi connectivity index (χ2v) is 4.53. The van der Waals surface area contributed by atoms with Crippen LogP contribution >= 0.6 is 0 Å². The van der Waals surface area contributed by atoms with E-state index in [1.165, 1.54) is 6.92 Å². The Bertz CT molecular complexity index is 420. The first-order valence-electron chi connectivity index (χ1n) is 6.80. The third-order valence-electron chi connectivity index (χ3n) is 2.64. The van der Waals surface area contributed by atoms with Crippen LogP contribution in [-0.2, 0) is 20.9 Å². The van der Waals surface area contributed by atoms with Crippen LogP contribution in [-0.4, -0.2) is 31.1 Å². The molecule has 1 rings (SSSR count). The van der Waals surface area contributed by atoms with Crippen molar-refractivity contribution in [1.82, 2.24) is 10.6 Å². The first kappa shape index (κ1) is 16.2. The zero-order valence-corrected chi connectivity index (χ0v) is 12.0. The summed E-state index contributed by atoms with van der Waals surface area (Å²) >= 11 is 0. The standard InChI is InChI=1S/C15H22N2O3/c1-3-9-20-11-14(17-12(2)18)15(19)16-10-13-7-5-4-6-8-13/h4-8,14H,3,9-11H2,1-2H3,(H,16,19)(H,17,18)/t14-/m1/s1. The largest absolute Gasteiger partial charge is 0.379 e. The van der Waals surface area contributed by atoms with Gasteiger partial charge in [0.25, 0.3) is 0 Å². The van der Waals surface area contributed by atoms with E-state index in [1.807, 2.05) is 37.3 Å². The van der Waals surface area contributed by atoms with Crippen LogP contribution in [0.5, 0.6) is 0 Å². The van der Waals surface area contributed by atoms with Gasteiger partial charge in [-0.1, -0.05) is 37.3 Å². The second-order valence-electron chi connectivity index (χ2n) is 4.53. The molecule has 0 aliphatic carbocycles. The minimum Gasteiger partial charge on any atom is -0.379 e. The van der Waals surface area contributed by atoms with Crippen molar-refractivity contribution >= 4 is 11.8 Å². The van der Waals surface area contributed by atoms with Gasteiger partial charge >= 0.3 is 0 Å². The van der Waals surface area contributed by atoms with Gasteiger partial charge in [0.2, 0.25) is 11.8 Å². The summed E-state index contributed by atoms with van der Waals surface area (Å²) in [5.74, 6) is -0.481. The molecule has 20 heavy (non-hydrogen) atoms. The van der Waals surface area contributed by atoms with Crippen LogP contribution < -0.4 is 10.6 Å². The SMILES string of the molecule is CCCOC[C@@H](NC(C)=O)C(=O)NCc1ccccc1. The van der Waals surface area contributed by atoms with Crippen molar-refractivity contribution in [3.63, 3.8) is 0 Å². The Morgan fingerprint density at radius 3 is 2.55 bits per heavy atom. The Hall–Kier alpha value is -1.88. The van der Waals surface area contributed by atoms with Gasteiger partial charge in [0.1, 0.15) is 6.04 Å². The normalized spacial score (nSPS) is 11.7. The fourth-order valence-electron chi connectivity index (χ4n) is 1.68. The summed E-state index contributed by atoms with van der Waals surface area (Å²) in [4.78, 5) is 23.2. The molecular weight excluding hydrogens is 256 g/mol. The molecule has 0 aliphatic heterocycles. The predicted octanol–water partition coefficient (Wildman–Crippen LogP) is 1.23. The van der Waals surface area contributed by atoms with Gasteiger partial charge in [-0.2, -0.15) is 0 Å². The number of hydrogen-bond acceptors (Lipinski definition) is 3. The lowest BCUT2D eigenvalue weighted by Crippen LogP contribution is -2.48. The van der Waals surface area contributed by atoms with Crippen molar-refractivity contribution in [2.75, 3.05) is 13.2 Å². The van der Waals surface area contributed by atoms with Crippen molar-refractivity contribution in [3.05, 3.63) is 35.9 Å². The van der Waals surface area contributed by atoms with Crippen molar-refractivity contribution in [2.45, 2.75) is 32.9 Å². The molecule has 110 valence electrons. The number of hydrogen-bond donors (Lipinski definition) is 2. The Kier molecular flexibility index (Phi) is 7.35. The van der Waals surface area contributed by atoms with Gasteiger partial charge in [-0.15, -0.1) is 0 Å². The maximum atomic E-state index is 12.0. The van der Waals surface area contributed by atoms with Crippen LogP contribution in [0.15, 0.2) is 30.3 Å². The molecule has 1 aromatic carbocycles. The van der Waals surface area contributed by atoms with E-state index in [2.05, 4.69) is 10.6 Å². The van der Waals surface area contributed by atoms with Gasteiger partial charge in [0, 0.05) is 20.1 Å². The molecule has 0 fully saturated rings. The topological polar surface area (TPSA) is 67.4 Å². The van der Waals surface area contributed by atoms with E-state index >= 15 is 0 Å². The lowest BCUT2D eigenvalue weighted by Gasteiger charge is -2.17. The molecule has 0 spiro atoms. The minimum absolute atomic E-state index is 0.189. The van der Waals surface area contributed by atoms with Gasteiger partial charge in [-0.3, -0.25) is 9.59 Å². The Balaban J connectivity index is 2.47. The van der Waals surface area contributed by atoms with Crippen LogP contribution in [0.3, 0.4) is 0 Å². The molecule has 0 aliphatic rings. The van der Waals surface area contributed by atoms with Gasteiger partial charge in [0.05, 0.1) is 6.61 Å². The van der Waals surface area contributed by atoms with Gasteiger partial charge in [0.15, 0.2) is 0 Å². The minimum atomic E-state index is -0.650. The number of carbonyl (C=O) groups is 2. The third kappa shape index (κ3) is 6.33. The highest BCUT2D eigenvalue weighted by atomic mass is 16.5. The van der Waals surface area contributed by atoms with Gasteiger partial charge in [-0.25, -0.2) is 0 Å². The lowest BCUT2D eigenvalue weighted by atomic mass is 10.2. The lowest BCUT2D eigenvalue weighted by molar-refractivity contribution is -0.129. The fourth-order valence-corrected chi connectivity index (χ4v) is 1.68. The number of carbonyl (C=O) groups excluding carboxylic acids is 2. The Morgan fingerprint density at radius 1 is 1.25 bits per heavy atom. The summed E-state index contributed by atoms with van der Waals surface area (Å²) in [7, 11) is 0. The van der Waals surface area contributed by atoms with Crippen LogP contribution in [0.1, 0.15) is 25.8 Å². The third-order valence-corrected chi connectivity index (χ3v) is 2.64. The number of rotatable bonds is 8. The summed E-state index contributed by atoms with van der Waals surface area (Å²) in [6, 6.07) is 8.96. The number of amides is 2. The average Bonchev–Trinajstić information content (AvgIpc) is 2.44. The smallest absolute Gasteiger partial charge is 0.245 e. The van der Waals surface area contributed by atoms with Crippen molar-refractivity contribution in [3.8, 4) is 0 Å². The molecule has 0 saturated heterocycles. The van der Waals surface area contributed by atoms with E-state index in [1.54, 1.807) is 0 Å². The summed E-state index contributed by atoms with van der Waals surface area (Å²) in [6.45, 7) is 4.57. The molecule has 0 saturated carbocycles. The van der Waals surface area contributed by atoms with Crippen molar-refractivity contribution in [2.24, 2.45) is 0 Å². The summed E-state index contributed by atoms with van der Waals surface area (Å²) in [5.41, 5.74) is 1.01. The van der Waals surface area contributed by atoms with Crippen molar-refractivity contribution < 1.29 is 14.3 Å². The molecule has 0 bridgehead atoms. The van der Waals surface area contributed by atoms with Crippen LogP contribution in [0.4, 0.5) is 0 Å². The fraction of sp³-hybridized carbons (Fsp3) is 0.467. The highest BCUT2D eigenvalue weighted by molar-refractivity contribution is 5.86. The maximum absolute atomic E-state index is 12.0. The highest BCUT2D eigenvalue weighted by Crippen LogP contribution is 1.98. The molecule has 0 radical (unpaired) electrons. The van der Waals surface area contributed by atoms with Crippen molar-refractivity contribution in [1.29, 1.82) is 0 Å². The van der Waals surface area contributed by atoms with Crippen LogP contribution in [0.2, 0.25) is 0 Å². The monoisotopic (exact) mass is 278 g/mol. The molecule has 0 heterocycles. The van der Waals surface area contributed by atoms with E-state index < -0.39 is 6.04 Å². The first-order chi connectivity index (χ1) is 9.63. The first-order valence-corrected chi connectivity index (χ1v) is 6.80. The van der Waals surface area contributed by atoms with E-state index in [0.717, 1.165) is 12.0 Å². The summed E-state index contributed by atoms with van der Waals surface area (Å²) < 4.78 is 5.34. The molecule has 1 aromatic rings. The van der Waals surface area contributed by atoms with E-state index in [0.29, 0.717) is 13.2 Å². The molecular formula is C15H22N2O3. The summed E-state index contributed by atoms with van der Waals surface area (Å²) in [6.07, 6.45) is 0.873. The zero-order valence-electron chi connectivity index (χ0n) is 12.0. The molecule has 0 aromatic heterocycles.